The third-order valence-corrected chi connectivity index (χ3v) is 3.07. The van der Waals surface area contributed by atoms with Crippen molar-refractivity contribution in [3.63, 3.8) is 0 Å². The number of ether oxygens (including phenoxy) is 1. The van der Waals surface area contributed by atoms with Gasteiger partial charge in [0.1, 0.15) is 5.60 Å². The lowest BCUT2D eigenvalue weighted by molar-refractivity contribution is -0.147. The van der Waals surface area contributed by atoms with E-state index in [1.807, 2.05) is 27.7 Å². The summed E-state index contributed by atoms with van der Waals surface area (Å²) >= 11 is 0. The van der Waals surface area contributed by atoms with Crippen molar-refractivity contribution in [3.05, 3.63) is 0 Å². The number of likely N-dealkylation sites (N-methyl/N-ethyl adjacent to an activating group) is 1. The van der Waals surface area contributed by atoms with Crippen molar-refractivity contribution in [2.75, 3.05) is 13.6 Å². The summed E-state index contributed by atoms with van der Waals surface area (Å²) in [4.78, 5) is 13.2. The fraction of sp³-hybridized carbons (Fsp3) is 0.923. The van der Waals surface area contributed by atoms with Gasteiger partial charge in [0.05, 0.1) is 0 Å². The van der Waals surface area contributed by atoms with E-state index in [1.54, 1.807) is 0 Å². The Morgan fingerprint density at radius 3 is 2.19 bits per heavy atom. The average Bonchev–Trinajstić information content (AvgIpc) is 2.77. The van der Waals surface area contributed by atoms with Crippen LogP contribution in [0.2, 0.25) is 0 Å². The standard InChI is InChI=1S/C9H15NO2.2C2H6/c1-7-5-9(6-10(7)2)4-3-8(11)12-9;2*1-2/h7H,3-6H2,1-2H3;2*1-2H3. The van der Waals surface area contributed by atoms with Crippen LogP contribution >= 0.6 is 0 Å². The van der Waals surface area contributed by atoms with Crippen LogP contribution in [-0.2, 0) is 9.53 Å². The Morgan fingerprint density at radius 2 is 1.88 bits per heavy atom. The molecule has 0 aromatic heterocycles. The van der Waals surface area contributed by atoms with Gasteiger partial charge in [-0.15, -0.1) is 0 Å². The molecule has 2 rings (SSSR count). The summed E-state index contributed by atoms with van der Waals surface area (Å²) in [6, 6.07) is 0.552. The molecule has 2 heterocycles. The first-order chi connectivity index (χ1) is 7.61. The lowest BCUT2D eigenvalue weighted by atomic mass is 9.97. The third kappa shape index (κ3) is 3.48. The van der Waals surface area contributed by atoms with Crippen LogP contribution in [-0.4, -0.2) is 36.1 Å². The van der Waals surface area contributed by atoms with E-state index in [0.29, 0.717) is 12.5 Å². The molecule has 16 heavy (non-hydrogen) atoms. The number of carbonyl (C=O) groups is 1. The Hall–Kier alpha value is -0.570. The van der Waals surface area contributed by atoms with Crippen LogP contribution in [0.3, 0.4) is 0 Å². The molecule has 0 bridgehead atoms. The van der Waals surface area contributed by atoms with E-state index in [0.717, 1.165) is 19.4 Å². The molecule has 2 saturated heterocycles. The zero-order valence-corrected chi connectivity index (χ0v) is 11.7. The molecule has 0 radical (unpaired) electrons. The summed E-state index contributed by atoms with van der Waals surface area (Å²) in [5.41, 5.74) is -0.120. The second kappa shape index (κ2) is 6.89. The van der Waals surface area contributed by atoms with E-state index in [2.05, 4.69) is 18.9 Å². The molecule has 0 N–H and O–H groups in total. The Bertz CT molecular complexity index is 206. The van der Waals surface area contributed by atoms with Gasteiger partial charge in [0.2, 0.25) is 0 Å². The lowest BCUT2D eigenvalue weighted by Gasteiger charge is -2.20. The molecule has 2 aliphatic rings. The molecule has 0 aliphatic carbocycles. The van der Waals surface area contributed by atoms with Gasteiger partial charge in [0, 0.05) is 25.4 Å². The Balaban J connectivity index is 0.000000509. The Labute approximate surface area is 100 Å². The summed E-state index contributed by atoms with van der Waals surface area (Å²) < 4.78 is 5.37. The van der Waals surface area contributed by atoms with Crippen LogP contribution in [0.1, 0.15) is 53.9 Å². The van der Waals surface area contributed by atoms with E-state index < -0.39 is 0 Å². The maximum Gasteiger partial charge on any atom is 0.306 e. The van der Waals surface area contributed by atoms with Crippen molar-refractivity contribution in [2.45, 2.75) is 65.5 Å². The predicted octanol–water partition coefficient (Wildman–Crippen LogP) is 2.84. The van der Waals surface area contributed by atoms with Gasteiger partial charge in [0.15, 0.2) is 0 Å². The summed E-state index contributed by atoms with van der Waals surface area (Å²) in [6.45, 7) is 11.1. The van der Waals surface area contributed by atoms with Crippen molar-refractivity contribution >= 4 is 5.97 Å². The van der Waals surface area contributed by atoms with Gasteiger partial charge in [-0.2, -0.15) is 0 Å². The molecule has 0 aromatic rings. The second-order valence-electron chi connectivity index (χ2n) is 4.13. The number of carbonyl (C=O) groups excluding carboxylic acids is 1. The SMILES string of the molecule is CC.CC.CC1CC2(CCC(=O)O2)CN1C. The van der Waals surface area contributed by atoms with Gasteiger partial charge >= 0.3 is 5.97 Å². The second-order valence-corrected chi connectivity index (χ2v) is 4.13. The van der Waals surface area contributed by atoms with E-state index in [4.69, 9.17) is 4.74 Å². The summed E-state index contributed by atoms with van der Waals surface area (Å²) in [5, 5.41) is 0. The number of hydrogen-bond donors (Lipinski definition) is 0. The van der Waals surface area contributed by atoms with Crippen molar-refractivity contribution in [1.29, 1.82) is 0 Å². The first kappa shape index (κ1) is 15.4. The molecule has 3 heteroatoms. The zero-order chi connectivity index (χ0) is 12.8. The Kier molecular flexibility index (Phi) is 6.65. The minimum atomic E-state index is -0.120. The predicted molar refractivity (Wildman–Crippen MR) is 67.5 cm³/mol. The molecular weight excluding hydrogens is 202 g/mol. The number of esters is 1. The number of rotatable bonds is 0. The topological polar surface area (TPSA) is 29.5 Å². The molecule has 3 nitrogen and oxygen atoms in total. The minimum Gasteiger partial charge on any atom is -0.458 e. The normalized spacial score (nSPS) is 32.6. The van der Waals surface area contributed by atoms with Crippen LogP contribution in [0.25, 0.3) is 0 Å². The summed E-state index contributed by atoms with van der Waals surface area (Å²) in [7, 11) is 2.09. The highest BCUT2D eigenvalue weighted by atomic mass is 16.6. The maximum absolute atomic E-state index is 11.0. The van der Waals surface area contributed by atoms with Crippen molar-refractivity contribution < 1.29 is 9.53 Å². The zero-order valence-electron chi connectivity index (χ0n) is 11.7. The van der Waals surface area contributed by atoms with Gasteiger partial charge in [0.25, 0.3) is 0 Å². The highest BCUT2D eigenvalue weighted by Gasteiger charge is 2.47. The molecule has 2 aliphatic heterocycles. The van der Waals surface area contributed by atoms with Crippen molar-refractivity contribution in [2.24, 2.45) is 0 Å². The number of nitrogens with zero attached hydrogens (tertiary/aromatic N) is 1. The van der Waals surface area contributed by atoms with Gasteiger partial charge in [-0.05, 0) is 20.4 Å². The van der Waals surface area contributed by atoms with E-state index in [9.17, 15) is 4.79 Å². The molecule has 2 atom stereocenters. The number of hydrogen-bond acceptors (Lipinski definition) is 3. The van der Waals surface area contributed by atoms with E-state index in [1.165, 1.54) is 0 Å². The van der Waals surface area contributed by atoms with Gasteiger partial charge < -0.3 is 4.74 Å². The molecule has 0 amide bonds. The van der Waals surface area contributed by atoms with Crippen molar-refractivity contribution in [3.8, 4) is 0 Å². The van der Waals surface area contributed by atoms with E-state index in [-0.39, 0.29) is 11.6 Å². The monoisotopic (exact) mass is 229 g/mol. The molecule has 1 spiro atoms. The average molecular weight is 229 g/mol. The highest BCUT2D eigenvalue weighted by Crippen LogP contribution is 2.37. The maximum atomic E-state index is 11.0. The smallest absolute Gasteiger partial charge is 0.306 e. The molecular formula is C13H27NO2. The lowest BCUT2D eigenvalue weighted by Crippen LogP contribution is -2.31. The van der Waals surface area contributed by atoms with Crippen LogP contribution in [0.5, 0.6) is 0 Å². The molecule has 96 valence electrons. The molecule has 0 saturated carbocycles. The van der Waals surface area contributed by atoms with Gasteiger partial charge in [-0.3, -0.25) is 9.69 Å². The van der Waals surface area contributed by atoms with Crippen LogP contribution in [0, 0.1) is 0 Å². The summed E-state index contributed by atoms with van der Waals surface area (Å²) in [5.74, 6) is -0.0162. The van der Waals surface area contributed by atoms with Crippen LogP contribution in [0.4, 0.5) is 0 Å². The minimum absolute atomic E-state index is 0.0162. The molecule has 2 unspecified atom stereocenters. The fourth-order valence-electron chi connectivity index (χ4n) is 2.30. The molecule has 0 aromatic carbocycles. The largest absolute Gasteiger partial charge is 0.458 e. The first-order valence-electron chi connectivity index (χ1n) is 6.53. The van der Waals surface area contributed by atoms with Crippen LogP contribution < -0.4 is 0 Å². The third-order valence-electron chi connectivity index (χ3n) is 3.07. The quantitative estimate of drug-likeness (QED) is 0.598. The number of likely N-dealkylation sites (tertiary alicyclic amines) is 1. The Morgan fingerprint density at radius 1 is 1.31 bits per heavy atom. The summed E-state index contributed by atoms with van der Waals surface area (Å²) in [6.07, 6.45) is 2.54. The van der Waals surface area contributed by atoms with E-state index >= 15 is 0 Å². The fourth-order valence-corrected chi connectivity index (χ4v) is 2.30. The highest BCUT2D eigenvalue weighted by molar-refractivity contribution is 5.72. The molecule has 2 fully saturated rings. The van der Waals surface area contributed by atoms with Gasteiger partial charge in [-0.25, -0.2) is 0 Å². The first-order valence-corrected chi connectivity index (χ1v) is 6.53. The van der Waals surface area contributed by atoms with Crippen molar-refractivity contribution in [1.82, 2.24) is 4.90 Å². The van der Waals surface area contributed by atoms with Gasteiger partial charge in [-0.1, -0.05) is 27.7 Å². The van der Waals surface area contributed by atoms with Crippen LogP contribution in [0.15, 0.2) is 0 Å².